The van der Waals surface area contributed by atoms with E-state index in [4.69, 9.17) is 4.74 Å². The van der Waals surface area contributed by atoms with Crippen LogP contribution in [0.2, 0.25) is 0 Å². The molecule has 7 atom stereocenters. The molecule has 2 N–H and O–H groups in total. The monoisotopic (exact) mass is 266 g/mol. The summed E-state index contributed by atoms with van der Waals surface area (Å²) in [6.45, 7) is 5.96. The third-order valence-corrected chi connectivity index (χ3v) is 5.69. The van der Waals surface area contributed by atoms with E-state index in [-0.39, 0.29) is 29.8 Å². The molecule has 1 saturated heterocycles. The largest absolute Gasteiger partial charge is 0.462 e. The van der Waals surface area contributed by atoms with Crippen molar-refractivity contribution < 1.29 is 19.7 Å². The van der Waals surface area contributed by atoms with Crippen molar-refractivity contribution in [3.8, 4) is 0 Å². The molecular formula is C15H22O4. The predicted octanol–water partition coefficient (Wildman–Crippen LogP) is 1.26. The lowest BCUT2D eigenvalue weighted by Gasteiger charge is -2.52. The van der Waals surface area contributed by atoms with E-state index in [2.05, 4.69) is 0 Å². The maximum Gasteiger partial charge on any atom is 0.309 e. The van der Waals surface area contributed by atoms with E-state index in [9.17, 15) is 15.0 Å². The molecule has 4 heteroatoms. The van der Waals surface area contributed by atoms with Crippen molar-refractivity contribution in [2.75, 3.05) is 0 Å². The molecule has 1 heterocycles. The Bertz CT molecular complexity index is 443. The number of hydrogen-bond donors (Lipinski definition) is 2. The van der Waals surface area contributed by atoms with Gasteiger partial charge in [0.25, 0.3) is 0 Å². The molecule has 0 radical (unpaired) electrons. The van der Waals surface area contributed by atoms with Gasteiger partial charge in [0.05, 0.1) is 18.1 Å². The number of aliphatic hydroxyl groups is 2. The van der Waals surface area contributed by atoms with E-state index in [0.717, 1.165) is 12.0 Å². The van der Waals surface area contributed by atoms with Crippen LogP contribution in [-0.2, 0) is 9.53 Å². The lowest BCUT2D eigenvalue weighted by atomic mass is 9.55. The third kappa shape index (κ3) is 1.69. The van der Waals surface area contributed by atoms with Gasteiger partial charge in [0, 0.05) is 11.3 Å². The zero-order valence-corrected chi connectivity index (χ0v) is 11.7. The molecular weight excluding hydrogens is 244 g/mol. The molecule has 2 aliphatic carbocycles. The van der Waals surface area contributed by atoms with Crippen LogP contribution in [0.15, 0.2) is 11.6 Å². The van der Waals surface area contributed by atoms with Crippen molar-refractivity contribution in [1.82, 2.24) is 0 Å². The van der Waals surface area contributed by atoms with Gasteiger partial charge in [0.15, 0.2) is 0 Å². The predicted molar refractivity (Wildman–Crippen MR) is 69.1 cm³/mol. The third-order valence-electron chi connectivity index (χ3n) is 5.69. The average Bonchev–Trinajstić information content (AvgIpc) is 2.60. The van der Waals surface area contributed by atoms with Crippen molar-refractivity contribution in [3.05, 3.63) is 11.6 Å². The smallest absolute Gasteiger partial charge is 0.309 e. The molecule has 3 aliphatic rings. The Labute approximate surface area is 113 Å². The zero-order chi connectivity index (χ0) is 13.9. The summed E-state index contributed by atoms with van der Waals surface area (Å²) in [5, 5.41) is 20.3. The second-order valence-electron chi connectivity index (χ2n) is 6.77. The highest BCUT2D eigenvalue weighted by atomic mass is 16.6. The lowest BCUT2D eigenvalue weighted by molar-refractivity contribution is -0.150. The first-order valence-corrected chi connectivity index (χ1v) is 7.09. The number of hydrogen-bond acceptors (Lipinski definition) is 4. The number of rotatable bonds is 0. The molecule has 0 bridgehead atoms. The van der Waals surface area contributed by atoms with E-state index in [0.29, 0.717) is 6.42 Å². The molecule has 0 aromatic carbocycles. The van der Waals surface area contributed by atoms with Gasteiger partial charge in [0.1, 0.15) is 6.10 Å². The van der Waals surface area contributed by atoms with Gasteiger partial charge in [-0.25, -0.2) is 0 Å². The summed E-state index contributed by atoms with van der Waals surface area (Å²) in [7, 11) is 0. The van der Waals surface area contributed by atoms with Crippen LogP contribution >= 0.6 is 0 Å². The normalized spacial score (nSPS) is 53.1. The van der Waals surface area contributed by atoms with Gasteiger partial charge in [-0.1, -0.05) is 25.5 Å². The highest BCUT2D eigenvalue weighted by Crippen LogP contribution is 2.55. The summed E-state index contributed by atoms with van der Waals surface area (Å²) >= 11 is 0. The van der Waals surface area contributed by atoms with E-state index in [1.807, 2.05) is 20.8 Å². The van der Waals surface area contributed by atoms with Crippen molar-refractivity contribution in [1.29, 1.82) is 0 Å². The topological polar surface area (TPSA) is 66.8 Å². The standard InChI is InChI=1S/C15H22O4/c1-7-4-11(16)13(17)15(3)6-12-9(5-10(7)15)8(2)14(18)19-12/h4,8-13,16-17H,5-6H2,1-3H3. The van der Waals surface area contributed by atoms with E-state index in [1.165, 1.54) is 0 Å². The molecule has 0 aromatic rings. The molecule has 106 valence electrons. The molecule has 7 unspecified atom stereocenters. The minimum atomic E-state index is -0.813. The van der Waals surface area contributed by atoms with Crippen LogP contribution in [0.4, 0.5) is 0 Å². The van der Waals surface area contributed by atoms with Crippen LogP contribution in [0, 0.1) is 23.2 Å². The second kappa shape index (κ2) is 4.06. The second-order valence-corrected chi connectivity index (χ2v) is 6.77. The number of aliphatic hydroxyl groups excluding tert-OH is 2. The van der Waals surface area contributed by atoms with E-state index < -0.39 is 17.6 Å². The molecule has 4 nitrogen and oxygen atoms in total. The molecule has 19 heavy (non-hydrogen) atoms. The summed E-state index contributed by atoms with van der Waals surface area (Å²) in [6.07, 6.45) is 1.57. The Balaban J connectivity index is 1.96. The van der Waals surface area contributed by atoms with Crippen molar-refractivity contribution >= 4 is 5.97 Å². The first-order chi connectivity index (χ1) is 8.84. The van der Waals surface area contributed by atoms with Gasteiger partial charge in [-0.3, -0.25) is 4.79 Å². The Morgan fingerprint density at radius 2 is 2.11 bits per heavy atom. The Morgan fingerprint density at radius 3 is 2.79 bits per heavy atom. The van der Waals surface area contributed by atoms with Crippen LogP contribution in [-0.4, -0.2) is 34.5 Å². The van der Waals surface area contributed by atoms with Crippen molar-refractivity contribution in [2.24, 2.45) is 23.2 Å². The molecule has 0 amide bonds. The summed E-state index contributed by atoms with van der Waals surface area (Å²) in [6, 6.07) is 0. The van der Waals surface area contributed by atoms with Gasteiger partial charge in [-0.15, -0.1) is 0 Å². The molecule has 0 spiro atoms. The molecule has 2 fully saturated rings. The summed E-state index contributed by atoms with van der Waals surface area (Å²) in [4.78, 5) is 11.7. The minimum Gasteiger partial charge on any atom is -0.462 e. The van der Waals surface area contributed by atoms with Crippen LogP contribution < -0.4 is 0 Å². The van der Waals surface area contributed by atoms with Crippen LogP contribution in [0.25, 0.3) is 0 Å². The van der Waals surface area contributed by atoms with E-state index in [1.54, 1.807) is 6.08 Å². The SMILES string of the molecule is CC1=CC(O)C(O)C2(C)CC3OC(=O)C(C)C3CC12. The number of carbonyl (C=O) groups is 1. The van der Waals surface area contributed by atoms with Crippen molar-refractivity contribution in [3.63, 3.8) is 0 Å². The molecule has 0 aromatic heterocycles. The number of ether oxygens (including phenoxy) is 1. The van der Waals surface area contributed by atoms with Crippen LogP contribution in [0.5, 0.6) is 0 Å². The number of carbonyl (C=O) groups excluding carboxylic acids is 1. The highest BCUT2D eigenvalue weighted by molar-refractivity contribution is 5.75. The van der Waals surface area contributed by atoms with Gasteiger partial charge in [-0.05, 0) is 25.7 Å². The quantitative estimate of drug-likeness (QED) is 0.512. The van der Waals surface area contributed by atoms with Gasteiger partial charge < -0.3 is 14.9 Å². The molecule has 1 aliphatic heterocycles. The fourth-order valence-electron chi connectivity index (χ4n) is 4.41. The van der Waals surface area contributed by atoms with Crippen LogP contribution in [0.1, 0.15) is 33.6 Å². The van der Waals surface area contributed by atoms with Gasteiger partial charge in [0.2, 0.25) is 0 Å². The number of allylic oxidation sites excluding steroid dienone is 1. The Kier molecular flexibility index (Phi) is 2.81. The zero-order valence-electron chi connectivity index (χ0n) is 11.7. The Morgan fingerprint density at radius 1 is 1.42 bits per heavy atom. The van der Waals surface area contributed by atoms with Gasteiger partial charge in [-0.2, -0.15) is 0 Å². The van der Waals surface area contributed by atoms with E-state index >= 15 is 0 Å². The van der Waals surface area contributed by atoms with Crippen LogP contribution in [0.3, 0.4) is 0 Å². The number of esters is 1. The van der Waals surface area contributed by atoms with Gasteiger partial charge >= 0.3 is 5.97 Å². The summed E-state index contributed by atoms with van der Waals surface area (Å²) < 4.78 is 5.46. The Hall–Kier alpha value is -0.870. The average molecular weight is 266 g/mol. The first-order valence-electron chi connectivity index (χ1n) is 7.09. The minimum absolute atomic E-state index is 0.0497. The maximum absolute atomic E-state index is 11.7. The fraction of sp³-hybridized carbons (Fsp3) is 0.800. The first kappa shape index (κ1) is 13.1. The summed E-state index contributed by atoms with van der Waals surface area (Å²) in [5.74, 6) is 0.306. The van der Waals surface area contributed by atoms with Crippen molar-refractivity contribution in [2.45, 2.75) is 51.9 Å². The maximum atomic E-state index is 11.7. The number of fused-ring (bicyclic) bond motifs is 2. The lowest BCUT2D eigenvalue weighted by Crippen LogP contribution is -2.54. The summed E-state index contributed by atoms with van der Waals surface area (Å²) in [5.41, 5.74) is 0.731. The highest BCUT2D eigenvalue weighted by Gasteiger charge is 2.57. The molecule has 3 rings (SSSR count). The fourth-order valence-corrected chi connectivity index (χ4v) is 4.41. The molecule has 1 saturated carbocycles.